The largest absolute Gasteiger partial charge is 0.318 e. The third kappa shape index (κ3) is 5.95. The van der Waals surface area contributed by atoms with E-state index in [4.69, 9.17) is 29.9 Å². The molecule has 10 rings (SSSR count). The second-order valence-electron chi connectivity index (χ2n) is 14.5. The number of nitrogens with zero attached hydrogens (tertiary/aromatic N) is 9. The van der Waals surface area contributed by atoms with E-state index in [-0.39, 0.29) is 0 Å². The van der Waals surface area contributed by atoms with Crippen molar-refractivity contribution in [3.63, 3.8) is 0 Å². The van der Waals surface area contributed by atoms with Crippen LogP contribution in [0.2, 0.25) is 0 Å². The summed E-state index contributed by atoms with van der Waals surface area (Å²) in [5, 5.41) is 0. The van der Waals surface area contributed by atoms with E-state index in [1.54, 1.807) is 0 Å². The lowest BCUT2D eigenvalue weighted by atomic mass is 9.87. The van der Waals surface area contributed by atoms with Gasteiger partial charge in [0.2, 0.25) is 0 Å². The standard InChI is InChI=1S/C48H39N9/c1-31-34(28-55-43-22-7-4-16-37(43)52-46(55)40-19-10-13-25-49-40)32(2)36(30-57-45-24-9-6-18-39(45)54-48(57)42-21-12-15-27-51-42)33(3)35(31)29-56-44-23-8-5-17-38(44)53-47(56)41-20-11-14-26-50-41/h4-27H,28-30H2,1-3H3. The van der Waals surface area contributed by atoms with E-state index >= 15 is 0 Å². The van der Waals surface area contributed by atoms with E-state index in [0.717, 1.165) is 67.7 Å². The molecule has 0 atom stereocenters. The molecule has 0 radical (unpaired) electrons. The Morgan fingerprint density at radius 1 is 0.351 bits per heavy atom. The number of para-hydroxylation sites is 6. The van der Waals surface area contributed by atoms with Crippen molar-refractivity contribution in [3.8, 4) is 34.6 Å². The van der Waals surface area contributed by atoms with Crippen LogP contribution in [0.15, 0.2) is 146 Å². The summed E-state index contributed by atoms with van der Waals surface area (Å²) in [5.41, 5.74) is 16.0. The topological polar surface area (TPSA) is 92.1 Å². The highest BCUT2D eigenvalue weighted by atomic mass is 15.1. The summed E-state index contributed by atoms with van der Waals surface area (Å²) in [6.45, 7) is 8.66. The van der Waals surface area contributed by atoms with Gasteiger partial charge in [0.05, 0.1) is 52.7 Å². The van der Waals surface area contributed by atoms with Crippen molar-refractivity contribution < 1.29 is 0 Å². The van der Waals surface area contributed by atoms with Crippen molar-refractivity contribution in [1.29, 1.82) is 0 Å². The number of aromatic nitrogens is 9. The number of fused-ring (bicyclic) bond motifs is 3. The van der Waals surface area contributed by atoms with Crippen molar-refractivity contribution in [2.75, 3.05) is 0 Å². The van der Waals surface area contributed by atoms with Crippen molar-refractivity contribution in [2.24, 2.45) is 0 Å². The van der Waals surface area contributed by atoms with Crippen LogP contribution in [0.1, 0.15) is 33.4 Å². The lowest BCUT2D eigenvalue weighted by Gasteiger charge is -2.25. The predicted octanol–water partition coefficient (Wildman–Crippen LogP) is 9.99. The van der Waals surface area contributed by atoms with Crippen molar-refractivity contribution in [2.45, 2.75) is 40.4 Å². The molecule has 9 nitrogen and oxygen atoms in total. The first-order valence-corrected chi connectivity index (χ1v) is 19.2. The van der Waals surface area contributed by atoms with E-state index < -0.39 is 0 Å². The zero-order valence-corrected chi connectivity index (χ0v) is 32.0. The fraction of sp³-hybridized carbons (Fsp3) is 0.125. The van der Waals surface area contributed by atoms with Gasteiger partial charge in [0.1, 0.15) is 17.1 Å². The lowest BCUT2D eigenvalue weighted by molar-refractivity contribution is 0.763. The van der Waals surface area contributed by atoms with E-state index in [1.165, 1.54) is 33.4 Å². The minimum Gasteiger partial charge on any atom is -0.318 e. The summed E-state index contributed by atoms with van der Waals surface area (Å²) >= 11 is 0. The highest BCUT2D eigenvalue weighted by Crippen LogP contribution is 2.35. The van der Waals surface area contributed by atoms with Crippen LogP contribution in [0.5, 0.6) is 0 Å². The van der Waals surface area contributed by atoms with Crippen molar-refractivity contribution in [3.05, 3.63) is 179 Å². The maximum atomic E-state index is 5.14. The van der Waals surface area contributed by atoms with Crippen LogP contribution in [0.3, 0.4) is 0 Å². The molecule has 0 N–H and O–H groups in total. The molecule has 10 aromatic rings. The van der Waals surface area contributed by atoms with Crippen molar-refractivity contribution in [1.82, 2.24) is 43.6 Å². The van der Waals surface area contributed by atoms with Gasteiger partial charge in [-0.3, -0.25) is 15.0 Å². The molecule has 0 saturated carbocycles. The molecular formula is C48H39N9. The molecule has 0 spiro atoms. The molecule has 0 aliphatic carbocycles. The van der Waals surface area contributed by atoms with Crippen LogP contribution in [0, 0.1) is 20.8 Å². The minimum absolute atomic E-state index is 0.611. The quantitative estimate of drug-likeness (QED) is 0.146. The minimum atomic E-state index is 0.611. The van der Waals surface area contributed by atoms with Gasteiger partial charge in [-0.1, -0.05) is 54.6 Å². The first-order chi connectivity index (χ1) is 28.0. The van der Waals surface area contributed by atoms with Gasteiger partial charge < -0.3 is 13.7 Å². The molecule has 0 aliphatic heterocycles. The van der Waals surface area contributed by atoms with Crippen LogP contribution < -0.4 is 0 Å². The Kier molecular flexibility index (Phi) is 8.48. The number of imidazole rings is 3. The maximum absolute atomic E-state index is 5.14. The summed E-state index contributed by atoms with van der Waals surface area (Å²) in [7, 11) is 0. The van der Waals surface area contributed by atoms with Gasteiger partial charge in [-0.25, -0.2) is 15.0 Å². The van der Waals surface area contributed by atoms with E-state index in [9.17, 15) is 0 Å². The van der Waals surface area contributed by atoms with E-state index in [0.29, 0.717) is 19.6 Å². The molecule has 0 aliphatic rings. The molecule has 4 aromatic carbocycles. The monoisotopic (exact) mass is 741 g/mol. The second kappa shape index (κ2) is 14.1. The van der Waals surface area contributed by atoms with Gasteiger partial charge in [-0.2, -0.15) is 0 Å². The van der Waals surface area contributed by atoms with Crippen LogP contribution in [0.25, 0.3) is 67.7 Å². The number of hydrogen-bond acceptors (Lipinski definition) is 6. The SMILES string of the molecule is Cc1c(Cn2c(-c3ccccn3)nc3ccccc32)c(C)c(Cn2c(-c3ccccn3)nc3ccccc32)c(C)c1Cn1c(-c2ccccn2)nc2ccccc21. The summed E-state index contributed by atoms with van der Waals surface area (Å²) in [6.07, 6.45) is 5.50. The molecule has 0 fully saturated rings. The van der Waals surface area contributed by atoms with Crippen LogP contribution in [-0.4, -0.2) is 43.6 Å². The molecule has 6 heterocycles. The third-order valence-electron chi connectivity index (χ3n) is 11.3. The van der Waals surface area contributed by atoms with Crippen LogP contribution >= 0.6 is 0 Å². The fourth-order valence-corrected chi connectivity index (χ4v) is 8.35. The Morgan fingerprint density at radius 2 is 0.632 bits per heavy atom. The zero-order chi connectivity index (χ0) is 38.5. The highest BCUT2D eigenvalue weighted by Gasteiger charge is 2.24. The molecule has 9 heteroatoms. The Labute approximate surface area is 330 Å². The van der Waals surface area contributed by atoms with E-state index in [2.05, 4.69) is 89.1 Å². The normalized spacial score (nSPS) is 11.6. The second-order valence-corrected chi connectivity index (χ2v) is 14.5. The average Bonchev–Trinajstić information content (AvgIpc) is 3.95. The molecule has 0 amide bonds. The smallest absolute Gasteiger partial charge is 0.160 e. The predicted molar refractivity (Wildman–Crippen MR) is 227 cm³/mol. The van der Waals surface area contributed by atoms with Gasteiger partial charge in [-0.05, 0) is 127 Å². The summed E-state index contributed by atoms with van der Waals surface area (Å²) < 4.78 is 6.98. The van der Waals surface area contributed by atoms with Gasteiger partial charge in [0.15, 0.2) is 17.5 Å². The van der Waals surface area contributed by atoms with E-state index in [1.807, 2.05) is 91.4 Å². The fourth-order valence-electron chi connectivity index (χ4n) is 8.35. The summed E-state index contributed by atoms with van der Waals surface area (Å²) in [6, 6.07) is 43.1. The molecular weight excluding hydrogens is 703 g/mol. The summed E-state index contributed by atoms with van der Waals surface area (Å²) in [4.78, 5) is 29.7. The van der Waals surface area contributed by atoms with Gasteiger partial charge in [-0.15, -0.1) is 0 Å². The Balaban J connectivity index is 1.21. The first kappa shape index (κ1) is 34.2. The number of benzene rings is 4. The van der Waals surface area contributed by atoms with Crippen LogP contribution in [-0.2, 0) is 19.6 Å². The van der Waals surface area contributed by atoms with Gasteiger partial charge in [0, 0.05) is 18.6 Å². The number of hydrogen-bond donors (Lipinski definition) is 0. The molecule has 6 aromatic heterocycles. The third-order valence-corrected chi connectivity index (χ3v) is 11.3. The van der Waals surface area contributed by atoms with Gasteiger partial charge in [0.25, 0.3) is 0 Å². The Bertz CT molecular complexity index is 2720. The average molecular weight is 742 g/mol. The first-order valence-electron chi connectivity index (χ1n) is 19.2. The van der Waals surface area contributed by atoms with Gasteiger partial charge >= 0.3 is 0 Å². The Morgan fingerprint density at radius 3 is 0.912 bits per heavy atom. The molecule has 0 unspecified atom stereocenters. The van der Waals surface area contributed by atoms with Crippen molar-refractivity contribution >= 4 is 33.1 Å². The highest BCUT2D eigenvalue weighted by molar-refractivity contribution is 5.82. The molecule has 276 valence electrons. The van der Waals surface area contributed by atoms with Crippen LogP contribution in [0.4, 0.5) is 0 Å². The Hall–Kier alpha value is -7.26. The zero-order valence-electron chi connectivity index (χ0n) is 32.0. The lowest BCUT2D eigenvalue weighted by Crippen LogP contribution is -2.16. The maximum Gasteiger partial charge on any atom is 0.160 e. The number of pyridine rings is 3. The molecule has 57 heavy (non-hydrogen) atoms. The summed E-state index contributed by atoms with van der Waals surface area (Å²) in [5.74, 6) is 2.53. The molecule has 0 saturated heterocycles. The molecule has 0 bridgehead atoms. The number of rotatable bonds is 9.